The van der Waals surface area contributed by atoms with Crippen molar-refractivity contribution in [3.63, 3.8) is 0 Å². The van der Waals surface area contributed by atoms with Crippen LogP contribution in [0.25, 0.3) is 11.1 Å². The summed E-state index contributed by atoms with van der Waals surface area (Å²) < 4.78 is 0. The fourth-order valence-electron chi connectivity index (χ4n) is 1.85. The molecule has 0 spiro atoms. The third kappa shape index (κ3) is 3.82. The van der Waals surface area contributed by atoms with E-state index < -0.39 is 0 Å². The third-order valence-corrected chi connectivity index (χ3v) is 3.02. The molecule has 2 aromatic carbocycles. The predicted octanol–water partition coefficient (Wildman–Crippen LogP) is 5.36. The van der Waals surface area contributed by atoms with E-state index in [1.807, 2.05) is 30.3 Å². The van der Waals surface area contributed by atoms with Gasteiger partial charge >= 0.3 is 0 Å². The minimum atomic E-state index is 1.03. The highest BCUT2D eigenvalue weighted by atomic mass is 14.0. The molecule has 0 aliphatic carbocycles. The molecule has 2 rings (SSSR count). The van der Waals surface area contributed by atoms with Crippen molar-refractivity contribution in [3.8, 4) is 0 Å². The van der Waals surface area contributed by atoms with Crippen LogP contribution in [0.15, 0.2) is 85.5 Å². The second-order valence-electron chi connectivity index (χ2n) is 4.47. The number of allylic oxidation sites excluding steroid dienone is 5. The smallest absolute Gasteiger partial charge is 0.0190 e. The van der Waals surface area contributed by atoms with Gasteiger partial charge in [0.25, 0.3) is 0 Å². The monoisotopic (exact) mass is 246 g/mol. The second kappa shape index (κ2) is 6.55. The van der Waals surface area contributed by atoms with E-state index in [-0.39, 0.29) is 0 Å². The van der Waals surface area contributed by atoms with Crippen LogP contribution < -0.4 is 0 Å². The highest BCUT2D eigenvalue weighted by Crippen LogP contribution is 2.15. The first-order valence-electron chi connectivity index (χ1n) is 6.42. The lowest BCUT2D eigenvalue weighted by molar-refractivity contribution is 1.57. The van der Waals surface area contributed by atoms with Gasteiger partial charge in [-0.25, -0.2) is 0 Å². The number of benzene rings is 2. The highest BCUT2D eigenvalue weighted by Gasteiger charge is 1.93. The largest absolute Gasteiger partial charge is 0.0912 e. The van der Waals surface area contributed by atoms with Crippen LogP contribution in [0, 0.1) is 0 Å². The van der Waals surface area contributed by atoms with E-state index >= 15 is 0 Å². The zero-order chi connectivity index (χ0) is 13.5. The molecule has 0 heterocycles. The van der Waals surface area contributed by atoms with Crippen molar-refractivity contribution in [2.45, 2.75) is 6.92 Å². The predicted molar refractivity (Wildman–Crippen MR) is 84.7 cm³/mol. The summed E-state index contributed by atoms with van der Waals surface area (Å²) in [6.45, 7) is 6.19. The molecule has 0 heteroatoms. The Balaban J connectivity index is 2.06. The minimum Gasteiger partial charge on any atom is -0.0912 e. The molecule has 0 saturated heterocycles. The Morgan fingerprint density at radius 2 is 1.37 bits per heavy atom. The van der Waals surface area contributed by atoms with Crippen LogP contribution in [0.4, 0.5) is 0 Å². The number of hydrogen-bond acceptors (Lipinski definition) is 0. The molecule has 0 aliphatic heterocycles. The summed E-state index contributed by atoms with van der Waals surface area (Å²) in [5.41, 5.74) is 4.68. The first-order valence-corrected chi connectivity index (χ1v) is 6.42. The Bertz CT molecular complexity index is 586. The van der Waals surface area contributed by atoms with Crippen molar-refractivity contribution < 1.29 is 0 Å². The summed E-state index contributed by atoms with van der Waals surface area (Å²) in [7, 11) is 0. The molecule has 0 amide bonds. The van der Waals surface area contributed by atoms with Gasteiger partial charge in [-0.05, 0) is 29.2 Å². The zero-order valence-corrected chi connectivity index (χ0v) is 11.2. The van der Waals surface area contributed by atoms with E-state index in [0.29, 0.717) is 0 Å². The van der Waals surface area contributed by atoms with Gasteiger partial charge in [-0.1, -0.05) is 85.5 Å². The van der Waals surface area contributed by atoms with Gasteiger partial charge in [0.05, 0.1) is 0 Å². The molecule has 19 heavy (non-hydrogen) atoms. The van der Waals surface area contributed by atoms with Crippen molar-refractivity contribution in [3.05, 3.63) is 96.6 Å². The lowest BCUT2D eigenvalue weighted by Gasteiger charge is -2.00. The molecule has 0 saturated carbocycles. The maximum atomic E-state index is 4.08. The van der Waals surface area contributed by atoms with Crippen LogP contribution in [0.2, 0.25) is 0 Å². The van der Waals surface area contributed by atoms with Crippen molar-refractivity contribution in [2.75, 3.05) is 0 Å². The Morgan fingerprint density at radius 1 is 0.842 bits per heavy atom. The second-order valence-corrected chi connectivity index (χ2v) is 4.47. The van der Waals surface area contributed by atoms with Gasteiger partial charge < -0.3 is 0 Å². The lowest BCUT2D eigenvalue weighted by Crippen LogP contribution is -1.78. The van der Waals surface area contributed by atoms with E-state index in [1.165, 1.54) is 11.1 Å². The van der Waals surface area contributed by atoms with Crippen molar-refractivity contribution in [2.24, 2.45) is 0 Å². The zero-order valence-electron chi connectivity index (χ0n) is 11.2. The summed E-state index contributed by atoms with van der Waals surface area (Å²) in [6.07, 6.45) is 6.21. The molecule has 0 fully saturated rings. The Morgan fingerprint density at radius 3 is 1.95 bits per heavy atom. The maximum Gasteiger partial charge on any atom is -0.0190 e. The van der Waals surface area contributed by atoms with Crippen molar-refractivity contribution >= 4 is 11.1 Å². The topological polar surface area (TPSA) is 0 Å². The quantitative estimate of drug-likeness (QED) is 0.637. The molecule has 0 unspecified atom stereocenters. The van der Waals surface area contributed by atoms with E-state index in [9.17, 15) is 0 Å². The van der Waals surface area contributed by atoms with Crippen LogP contribution in [-0.2, 0) is 0 Å². The third-order valence-electron chi connectivity index (χ3n) is 3.02. The molecule has 0 nitrogen and oxygen atoms in total. The molecule has 0 radical (unpaired) electrons. The summed E-state index contributed by atoms with van der Waals surface area (Å²) in [6, 6.07) is 20.6. The molecule has 94 valence electrons. The molecular weight excluding hydrogens is 228 g/mol. The van der Waals surface area contributed by atoms with Gasteiger partial charge in [0, 0.05) is 0 Å². The van der Waals surface area contributed by atoms with Gasteiger partial charge in [0.2, 0.25) is 0 Å². The van der Waals surface area contributed by atoms with Gasteiger partial charge in [0.15, 0.2) is 0 Å². The number of hydrogen-bond donors (Lipinski definition) is 0. The Kier molecular flexibility index (Phi) is 4.52. The van der Waals surface area contributed by atoms with Crippen molar-refractivity contribution in [1.29, 1.82) is 0 Å². The van der Waals surface area contributed by atoms with Crippen LogP contribution in [0.1, 0.15) is 18.1 Å². The van der Waals surface area contributed by atoms with E-state index in [2.05, 4.69) is 62.1 Å². The standard InChI is InChI=1S/C19H18/c1-16(18-12-5-3-6-13-18)10-9-11-17(2)19-14-7-4-8-15-19/h3-15H,1H2,2H3/b10-9-,17-11+. The molecule has 0 bridgehead atoms. The normalized spacial score (nSPS) is 11.7. The molecule has 0 N–H and O–H groups in total. The molecule has 2 aromatic rings. The molecule has 0 aromatic heterocycles. The summed E-state index contributed by atoms with van der Waals surface area (Å²) in [5, 5.41) is 0. The van der Waals surface area contributed by atoms with Gasteiger partial charge in [-0.15, -0.1) is 0 Å². The van der Waals surface area contributed by atoms with E-state index in [1.54, 1.807) is 0 Å². The van der Waals surface area contributed by atoms with Gasteiger partial charge in [0.1, 0.15) is 0 Å². The summed E-state index contributed by atoms with van der Waals surface area (Å²) in [4.78, 5) is 0. The number of rotatable bonds is 4. The fraction of sp³-hybridized carbons (Fsp3) is 0.0526. The SMILES string of the molecule is C=C(/C=C\C=C(/C)c1ccccc1)c1ccccc1. The van der Waals surface area contributed by atoms with Crippen molar-refractivity contribution in [1.82, 2.24) is 0 Å². The van der Waals surface area contributed by atoms with Crippen LogP contribution in [-0.4, -0.2) is 0 Å². The average Bonchev–Trinajstić information content (AvgIpc) is 2.49. The highest BCUT2D eigenvalue weighted by molar-refractivity contribution is 5.73. The van der Waals surface area contributed by atoms with Gasteiger partial charge in [-0.3, -0.25) is 0 Å². The summed E-state index contributed by atoms with van der Waals surface area (Å²) >= 11 is 0. The first-order chi connectivity index (χ1) is 9.27. The Labute approximate surface area is 115 Å². The van der Waals surface area contributed by atoms with Crippen LogP contribution in [0.3, 0.4) is 0 Å². The minimum absolute atomic E-state index is 1.03. The first kappa shape index (κ1) is 13.1. The lowest BCUT2D eigenvalue weighted by atomic mass is 10.1. The summed E-state index contributed by atoms with van der Waals surface area (Å²) in [5.74, 6) is 0. The molecule has 0 atom stereocenters. The van der Waals surface area contributed by atoms with Crippen LogP contribution in [0.5, 0.6) is 0 Å². The average molecular weight is 246 g/mol. The van der Waals surface area contributed by atoms with E-state index in [4.69, 9.17) is 0 Å². The fourth-order valence-corrected chi connectivity index (χ4v) is 1.85. The van der Waals surface area contributed by atoms with Gasteiger partial charge in [-0.2, -0.15) is 0 Å². The molecular formula is C19H18. The van der Waals surface area contributed by atoms with E-state index in [0.717, 1.165) is 11.1 Å². The van der Waals surface area contributed by atoms with Crippen LogP contribution >= 0.6 is 0 Å². The maximum absolute atomic E-state index is 4.08. The molecule has 0 aliphatic rings. The Hall–Kier alpha value is -2.34.